The Kier molecular flexibility index (Phi) is 8.41. The molecule has 206 valence electrons. The Balaban J connectivity index is 1.13. The summed E-state index contributed by atoms with van der Waals surface area (Å²) in [5.41, 5.74) is 4.70. The van der Waals surface area contributed by atoms with Crippen molar-refractivity contribution in [3.05, 3.63) is 95.9 Å². The van der Waals surface area contributed by atoms with Gasteiger partial charge >= 0.3 is 6.03 Å². The zero-order valence-corrected chi connectivity index (χ0v) is 23.1. The van der Waals surface area contributed by atoms with Crippen LogP contribution in [-0.4, -0.2) is 59.1 Å². The van der Waals surface area contributed by atoms with Crippen LogP contribution in [0.25, 0.3) is 0 Å². The maximum Gasteiger partial charge on any atom is 0.321 e. The van der Waals surface area contributed by atoms with E-state index in [-0.39, 0.29) is 6.03 Å². The molecule has 5 rings (SSSR count). The summed E-state index contributed by atoms with van der Waals surface area (Å²) >= 11 is 0. The Morgan fingerprint density at radius 1 is 0.900 bits per heavy atom. The van der Waals surface area contributed by atoms with E-state index in [2.05, 4.69) is 37.6 Å². The van der Waals surface area contributed by atoms with Crippen LogP contribution in [0.2, 0.25) is 0 Å². The monoisotopic (exact) mass is 538 g/mol. The molecule has 1 fully saturated rings. The molecule has 1 aliphatic rings. The molecule has 0 radical (unpaired) electrons. The van der Waals surface area contributed by atoms with Gasteiger partial charge < -0.3 is 25.0 Å². The van der Waals surface area contributed by atoms with Crippen molar-refractivity contribution < 1.29 is 14.3 Å². The van der Waals surface area contributed by atoms with E-state index in [4.69, 9.17) is 9.47 Å². The second-order valence-corrected chi connectivity index (χ2v) is 9.76. The number of ether oxygens (including phenoxy) is 2. The predicted octanol–water partition coefficient (Wildman–Crippen LogP) is 5.99. The molecule has 2 amide bonds. The number of carbonyl (C=O) groups excluding carboxylic acids is 1. The zero-order chi connectivity index (χ0) is 27.9. The third-order valence-electron chi connectivity index (χ3n) is 6.74. The van der Waals surface area contributed by atoms with Crippen molar-refractivity contribution in [1.82, 2.24) is 19.8 Å². The summed E-state index contributed by atoms with van der Waals surface area (Å²) < 4.78 is 11.2. The molecule has 0 bridgehead atoms. The van der Waals surface area contributed by atoms with Crippen LogP contribution in [0, 0.1) is 13.8 Å². The molecule has 0 saturated carbocycles. The van der Waals surface area contributed by atoms with E-state index in [0.29, 0.717) is 24.7 Å². The van der Waals surface area contributed by atoms with Gasteiger partial charge in [0.2, 0.25) is 0 Å². The summed E-state index contributed by atoms with van der Waals surface area (Å²) in [5, 5.41) is 6.36. The minimum atomic E-state index is -0.0801. The molecule has 9 nitrogen and oxygen atoms in total. The Labute approximate surface area is 234 Å². The second kappa shape index (κ2) is 12.5. The number of methoxy groups -OCH3 is 1. The number of nitrogens with one attached hydrogen (secondary N) is 2. The third-order valence-corrected chi connectivity index (χ3v) is 6.74. The lowest BCUT2D eigenvalue weighted by Gasteiger charge is -2.34. The van der Waals surface area contributed by atoms with Crippen molar-refractivity contribution in [3.8, 4) is 17.2 Å². The quantitative estimate of drug-likeness (QED) is 0.285. The summed E-state index contributed by atoms with van der Waals surface area (Å²) in [4.78, 5) is 25.8. The molecule has 9 heteroatoms. The van der Waals surface area contributed by atoms with Gasteiger partial charge in [-0.1, -0.05) is 12.1 Å². The minimum Gasteiger partial charge on any atom is -0.497 e. The number of amides is 2. The number of piperazine rings is 1. The lowest BCUT2D eigenvalue weighted by molar-refractivity contribution is 0.143. The SMILES string of the molecule is COc1ccc(NC(=O)N2CCN(Cc3cccc(Nc4cc(Oc5ccc(C)nc5C)ccn4)c3)CC2)cc1. The average Bonchev–Trinajstić information content (AvgIpc) is 2.96. The van der Waals surface area contributed by atoms with Gasteiger partial charge in [-0.2, -0.15) is 0 Å². The number of benzene rings is 2. The molecule has 1 aliphatic heterocycles. The molecule has 1 saturated heterocycles. The van der Waals surface area contributed by atoms with E-state index in [0.717, 1.165) is 53.9 Å². The van der Waals surface area contributed by atoms with E-state index in [1.54, 1.807) is 13.3 Å². The molecule has 2 aromatic heterocycles. The first-order valence-corrected chi connectivity index (χ1v) is 13.3. The zero-order valence-electron chi connectivity index (χ0n) is 23.1. The smallest absolute Gasteiger partial charge is 0.321 e. The predicted molar refractivity (Wildman–Crippen MR) is 157 cm³/mol. The van der Waals surface area contributed by atoms with Crippen molar-refractivity contribution in [2.24, 2.45) is 0 Å². The van der Waals surface area contributed by atoms with Crippen molar-refractivity contribution in [2.45, 2.75) is 20.4 Å². The van der Waals surface area contributed by atoms with Crippen molar-refractivity contribution in [3.63, 3.8) is 0 Å². The number of aromatic nitrogens is 2. The number of hydrogen-bond acceptors (Lipinski definition) is 7. The van der Waals surface area contributed by atoms with Crippen LogP contribution in [0.1, 0.15) is 17.0 Å². The van der Waals surface area contributed by atoms with Gasteiger partial charge in [-0.05, 0) is 74.0 Å². The van der Waals surface area contributed by atoms with Crippen LogP contribution in [-0.2, 0) is 6.54 Å². The summed E-state index contributed by atoms with van der Waals surface area (Å²) in [7, 11) is 1.62. The van der Waals surface area contributed by atoms with Gasteiger partial charge in [-0.25, -0.2) is 9.78 Å². The van der Waals surface area contributed by atoms with Crippen LogP contribution < -0.4 is 20.1 Å². The molecular weight excluding hydrogens is 504 g/mol. The molecule has 0 aliphatic carbocycles. The molecule has 4 aromatic rings. The standard InChI is InChI=1S/C31H34N6O3/c1-22-7-12-29(23(2)33-22)40-28-13-14-32-30(20-28)34-26-6-4-5-24(19-26)21-36-15-17-37(18-16-36)31(38)35-25-8-10-27(39-3)11-9-25/h4-14,19-20H,15-18,21H2,1-3H3,(H,32,34)(H,35,38). The fourth-order valence-electron chi connectivity index (χ4n) is 4.59. The largest absolute Gasteiger partial charge is 0.497 e. The van der Waals surface area contributed by atoms with Crippen LogP contribution in [0.3, 0.4) is 0 Å². The fourth-order valence-corrected chi connectivity index (χ4v) is 4.59. The Hall–Kier alpha value is -4.63. The van der Waals surface area contributed by atoms with Crippen molar-refractivity contribution in [2.75, 3.05) is 43.9 Å². The van der Waals surface area contributed by atoms with Gasteiger partial charge in [0.25, 0.3) is 0 Å². The highest BCUT2D eigenvalue weighted by Gasteiger charge is 2.21. The number of pyridine rings is 2. The average molecular weight is 539 g/mol. The van der Waals surface area contributed by atoms with Gasteiger partial charge in [-0.3, -0.25) is 9.88 Å². The number of aryl methyl sites for hydroxylation is 2. The fraction of sp³-hybridized carbons (Fsp3) is 0.258. The molecule has 2 aromatic carbocycles. The lowest BCUT2D eigenvalue weighted by Crippen LogP contribution is -2.49. The van der Waals surface area contributed by atoms with Crippen LogP contribution in [0.5, 0.6) is 17.2 Å². The van der Waals surface area contributed by atoms with Gasteiger partial charge in [-0.15, -0.1) is 0 Å². The van der Waals surface area contributed by atoms with E-state index in [1.165, 1.54) is 5.56 Å². The number of rotatable bonds is 8. The van der Waals surface area contributed by atoms with Gasteiger partial charge in [0.15, 0.2) is 0 Å². The van der Waals surface area contributed by atoms with Crippen molar-refractivity contribution >= 4 is 23.2 Å². The molecule has 3 heterocycles. The summed E-state index contributed by atoms with van der Waals surface area (Å²) in [6, 6.07) is 23.2. The lowest BCUT2D eigenvalue weighted by atomic mass is 10.1. The normalized spacial score (nSPS) is 13.5. The molecular formula is C31H34N6O3. The summed E-state index contributed by atoms with van der Waals surface area (Å²) in [6.45, 7) is 7.66. The first-order chi connectivity index (χ1) is 19.4. The Bertz CT molecular complexity index is 1450. The van der Waals surface area contributed by atoms with Crippen LogP contribution >= 0.6 is 0 Å². The number of anilines is 3. The minimum absolute atomic E-state index is 0.0801. The number of nitrogens with zero attached hydrogens (tertiary/aromatic N) is 4. The highest BCUT2D eigenvalue weighted by Crippen LogP contribution is 2.27. The second-order valence-electron chi connectivity index (χ2n) is 9.76. The molecule has 0 unspecified atom stereocenters. The Morgan fingerprint density at radius 2 is 1.70 bits per heavy atom. The van der Waals surface area contributed by atoms with Crippen LogP contribution in [0.15, 0.2) is 79.0 Å². The van der Waals surface area contributed by atoms with E-state index >= 15 is 0 Å². The topological polar surface area (TPSA) is 91.9 Å². The first kappa shape index (κ1) is 27.0. The molecule has 0 spiro atoms. The third kappa shape index (κ3) is 7.06. The van der Waals surface area contributed by atoms with Crippen molar-refractivity contribution in [1.29, 1.82) is 0 Å². The van der Waals surface area contributed by atoms with Gasteiger partial charge in [0.1, 0.15) is 23.1 Å². The number of hydrogen-bond donors (Lipinski definition) is 2. The number of carbonyl (C=O) groups is 1. The number of urea groups is 1. The first-order valence-electron chi connectivity index (χ1n) is 13.3. The van der Waals surface area contributed by atoms with E-state index in [9.17, 15) is 4.79 Å². The summed E-state index contributed by atoms with van der Waals surface area (Å²) in [6.07, 6.45) is 1.72. The van der Waals surface area contributed by atoms with Gasteiger partial charge in [0.05, 0.1) is 12.8 Å². The van der Waals surface area contributed by atoms with E-state index < -0.39 is 0 Å². The maximum absolute atomic E-state index is 12.7. The maximum atomic E-state index is 12.7. The summed E-state index contributed by atoms with van der Waals surface area (Å²) in [5.74, 6) is 2.87. The highest BCUT2D eigenvalue weighted by molar-refractivity contribution is 5.89. The van der Waals surface area contributed by atoms with Gasteiger partial charge in [0, 0.05) is 62.1 Å². The Morgan fingerprint density at radius 3 is 2.45 bits per heavy atom. The molecule has 0 atom stereocenters. The highest BCUT2D eigenvalue weighted by atomic mass is 16.5. The molecule has 40 heavy (non-hydrogen) atoms. The van der Waals surface area contributed by atoms with Crippen LogP contribution in [0.4, 0.5) is 22.0 Å². The molecule has 2 N–H and O–H groups in total. The van der Waals surface area contributed by atoms with E-state index in [1.807, 2.05) is 79.4 Å².